The summed E-state index contributed by atoms with van der Waals surface area (Å²) >= 11 is 0. The highest BCUT2D eigenvalue weighted by molar-refractivity contribution is 5.79. The van der Waals surface area contributed by atoms with E-state index in [0.717, 1.165) is 18.7 Å². The van der Waals surface area contributed by atoms with Gasteiger partial charge < -0.3 is 19.4 Å². The van der Waals surface area contributed by atoms with E-state index < -0.39 is 0 Å². The normalized spacial score (nSPS) is 15.3. The second-order valence-corrected chi connectivity index (χ2v) is 6.86. The maximum atomic E-state index is 12.5. The van der Waals surface area contributed by atoms with Gasteiger partial charge in [-0.25, -0.2) is 4.79 Å². The zero-order valence-electron chi connectivity index (χ0n) is 15.5. The predicted molar refractivity (Wildman–Crippen MR) is 97.1 cm³/mol. The van der Waals surface area contributed by atoms with Crippen LogP contribution in [0.5, 0.6) is 0 Å². The quantitative estimate of drug-likeness (QED) is 0.790. The van der Waals surface area contributed by atoms with Crippen LogP contribution in [-0.2, 0) is 16.1 Å². The zero-order valence-corrected chi connectivity index (χ0v) is 15.5. The number of amides is 2. The molecule has 1 fully saturated rings. The van der Waals surface area contributed by atoms with Gasteiger partial charge in [0.2, 0.25) is 5.91 Å². The summed E-state index contributed by atoms with van der Waals surface area (Å²) in [5.41, 5.74) is 0.975. The van der Waals surface area contributed by atoms with Crippen molar-refractivity contribution < 1.29 is 14.3 Å². The van der Waals surface area contributed by atoms with Crippen molar-refractivity contribution in [2.75, 3.05) is 47.3 Å². The van der Waals surface area contributed by atoms with E-state index >= 15 is 0 Å². The Bertz CT molecular complexity index is 554. The number of carbonyl (C=O) groups excluding carboxylic acids is 2. The average Bonchev–Trinajstić information content (AvgIpc) is 2.64. The van der Waals surface area contributed by atoms with Crippen LogP contribution in [0.1, 0.15) is 18.4 Å². The van der Waals surface area contributed by atoms with Gasteiger partial charge >= 0.3 is 6.09 Å². The largest absolute Gasteiger partial charge is 0.445 e. The molecule has 25 heavy (non-hydrogen) atoms. The molecule has 2 rings (SSSR count). The number of carbonyl (C=O) groups is 2. The summed E-state index contributed by atoms with van der Waals surface area (Å²) in [6, 6.07) is 9.65. The van der Waals surface area contributed by atoms with Crippen molar-refractivity contribution in [2.45, 2.75) is 19.4 Å². The molecule has 1 aliphatic rings. The Labute approximate surface area is 150 Å². The molecule has 0 saturated carbocycles. The monoisotopic (exact) mass is 347 g/mol. The maximum absolute atomic E-state index is 12.5. The summed E-state index contributed by atoms with van der Waals surface area (Å²) in [6.07, 6.45) is 1.10. The Morgan fingerprint density at radius 2 is 1.72 bits per heavy atom. The van der Waals surface area contributed by atoms with Gasteiger partial charge in [0.25, 0.3) is 0 Å². The first-order chi connectivity index (χ1) is 12.0. The highest BCUT2D eigenvalue weighted by Crippen LogP contribution is 2.20. The zero-order chi connectivity index (χ0) is 18.2. The molecule has 0 N–H and O–H groups in total. The van der Waals surface area contributed by atoms with Gasteiger partial charge in [-0.1, -0.05) is 30.3 Å². The van der Waals surface area contributed by atoms with Crippen molar-refractivity contribution in [1.29, 1.82) is 0 Å². The van der Waals surface area contributed by atoms with Gasteiger partial charge in [0.05, 0.1) is 0 Å². The lowest BCUT2D eigenvalue weighted by atomic mass is 9.95. The van der Waals surface area contributed by atoms with E-state index in [1.54, 1.807) is 9.80 Å². The third-order valence-corrected chi connectivity index (χ3v) is 4.57. The van der Waals surface area contributed by atoms with Gasteiger partial charge in [-0.05, 0) is 32.5 Å². The van der Waals surface area contributed by atoms with Crippen molar-refractivity contribution in [3.05, 3.63) is 35.9 Å². The number of likely N-dealkylation sites (tertiary alicyclic amines) is 1. The van der Waals surface area contributed by atoms with Crippen LogP contribution in [0.4, 0.5) is 4.79 Å². The molecule has 6 heteroatoms. The Balaban J connectivity index is 1.73. The molecule has 6 nitrogen and oxygen atoms in total. The minimum absolute atomic E-state index is 0.00494. The van der Waals surface area contributed by atoms with Gasteiger partial charge in [0.15, 0.2) is 0 Å². The number of hydrogen-bond acceptors (Lipinski definition) is 4. The fraction of sp³-hybridized carbons (Fsp3) is 0.579. The Kier molecular flexibility index (Phi) is 7.25. The van der Waals surface area contributed by atoms with Crippen molar-refractivity contribution in [2.24, 2.45) is 5.92 Å². The van der Waals surface area contributed by atoms with E-state index in [-0.39, 0.29) is 24.5 Å². The standard InChI is InChI=1S/C19H29N3O3/c1-20(2)13-14-21(3)18(23)17-9-11-22(12-10-17)19(24)25-15-16-7-5-4-6-8-16/h4-8,17H,9-15H2,1-3H3. The highest BCUT2D eigenvalue weighted by atomic mass is 16.6. The molecule has 0 radical (unpaired) electrons. The number of ether oxygens (including phenoxy) is 1. The molecule has 138 valence electrons. The van der Waals surface area contributed by atoms with Crippen molar-refractivity contribution in [1.82, 2.24) is 14.7 Å². The molecule has 1 aromatic rings. The number of likely N-dealkylation sites (N-methyl/N-ethyl adjacent to an activating group) is 2. The molecule has 1 aliphatic heterocycles. The first-order valence-electron chi connectivity index (χ1n) is 8.82. The van der Waals surface area contributed by atoms with Gasteiger partial charge in [0.1, 0.15) is 6.61 Å². The SMILES string of the molecule is CN(C)CCN(C)C(=O)C1CCN(C(=O)OCc2ccccc2)CC1. The van der Waals surface area contributed by atoms with Gasteiger partial charge in [-0.2, -0.15) is 0 Å². The summed E-state index contributed by atoms with van der Waals surface area (Å²) < 4.78 is 5.36. The summed E-state index contributed by atoms with van der Waals surface area (Å²) in [4.78, 5) is 30.2. The molecule has 0 atom stereocenters. The molecule has 0 spiro atoms. The van der Waals surface area contributed by atoms with E-state index in [1.165, 1.54) is 0 Å². The predicted octanol–water partition coefficient (Wildman–Crippen LogP) is 2.06. The molecule has 1 saturated heterocycles. The van der Waals surface area contributed by atoms with Crippen LogP contribution < -0.4 is 0 Å². The van der Waals surface area contributed by atoms with Crippen molar-refractivity contribution in [3.8, 4) is 0 Å². The lowest BCUT2D eigenvalue weighted by Gasteiger charge is -2.32. The van der Waals surface area contributed by atoms with Crippen LogP contribution in [0.3, 0.4) is 0 Å². The van der Waals surface area contributed by atoms with Crippen molar-refractivity contribution in [3.63, 3.8) is 0 Å². The number of hydrogen-bond donors (Lipinski definition) is 0. The minimum Gasteiger partial charge on any atom is -0.445 e. The average molecular weight is 347 g/mol. The summed E-state index contributed by atoms with van der Waals surface area (Å²) in [5, 5.41) is 0. The number of piperidine rings is 1. The van der Waals surface area contributed by atoms with Crippen LogP contribution in [-0.4, -0.2) is 74.0 Å². The highest BCUT2D eigenvalue weighted by Gasteiger charge is 2.29. The molecule has 0 aliphatic carbocycles. The van der Waals surface area contributed by atoms with E-state index in [9.17, 15) is 9.59 Å². The van der Waals surface area contributed by atoms with E-state index in [1.807, 2.05) is 51.5 Å². The lowest BCUT2D eigenvalue weighted by Crippen LogP contribution is -2.44. The number of nitrogens with zero attached hydrogens (tertiary/aromatic N) is 3. The van der Waals surface area contributed by atoms with Crippen LogP contribution in [0, 0.1) is 5.92 Å². The van der Waals surface area contributed by atoms with Gasteiger partial charge in [0, 0.05) is 39.1 Å². The fourth-order valence-corrected chi connectivity index (χ4v) is 2.89. The third-order valence-electron chi connectivity index (χ3n) is 4.57. The van der Waals surface area contributed by atoms with E-state index in [4.69, 9.17) is 4.74 Å². The minimum atomic E-state index is -0.296. The topological polar surface area (TPSA) is 53.1 Å². The summed E-state index contributed by atoms with van der Waals surface area (Å²) in [5.74, 6) is 0.185. The van der Waals surface area contributed by atoms with Crippen LogP contribution in [0.25, 0.3) is 0 Å². The molecule has 2 amide bonds. The first-order valence-corrected chi connectivity index (χ1v) is 8.82. The Morgan fingerprint density at radius 3 is 2.32 bits per heavy atom. The van der Waals surface area contributed by atoms with Gasteiger partial charge in [-0.15, -0.1) is 0 Å². The van der Waals surface area contributed by atoms with E-state index in [0.29, 0.717) is 25.9 Å². The molecule has 1 aromatic carbocycles. The maximum Gasteiger partial charge on any atom is 0.410 e. The summed E-state index contributed by atoms with van der Waals surface area (Å²) in [7, 11) is 5.85. The molecule has 0 unspecified atom stereocenters. The van der Waals surface area contributed by atoms with E-state index in [2.05, 4.69) is 4.90 Å². The van der Waals surface area contributed by atoms with Crippen LogP contribution in [0.2, 0.25) is 0 Å². The lowest BCUT2D eigenvalue weighted by molar-refractivity contribution is -0.135. The second-order valence-electron chi connectivity index (χ2n) is 6.86. The molecular formula is C19H29N3O3. The smallest absolute Gasteiger partial charge is 0.410 e. The second kappa shape index (κ2) is 9.42. The van der Waals surface area contributed by atoms with Crippen molar-refractivity contribution >= 4 is 12.0 Å². The number of benzene rings is 1. The Morgan fingerprint density at radius 1 is 1.08 bits per heavy atom. The summed E-state index contributed by atoms with van der Waals surface area (Å²) in [6.45, 7) is 3.01. The number of rotatable bonds is 6. The molecular weight excluding hydrogens is 318 g/mol. The fourth-order valence-electron chi connectivity index (χ4n) is 2.89. The van der Waals surface area contributed by atoms with Crippen LogP contribution in [0.15, 0.2) is 30.3 Å². The van der Waals surface area contributed by atoms with Gasteiger partial charge in [-0.3, -0.25) is 4.79 Å². The molecule has 0 bridgehead atoms. The molecule has 0 aromatic heterocycles. The first kappa shape index (κ1) is 19.2. The third kappa shape index (κ3) is 6.05. The Hall–Kier alpha value is -2.08. The molecule has 1 heterocycles. The van der Waals surface area contributed by atoms with Crippen LogP contribution >= 0.6 is 0 Å².